The predicted molar refractivity (Wildman–Crippen MR) is 79.3 cm³/mol. The molecular formula is C14H22N4O2. The van der Waals surface area contributed by atoms with Crippen molar-refractivity contribution in [3.63, 3.8) is 0 Å². The Morgan fingerprint density at radius 1 is 1.55 bits per heavy atom. The molecular weight excluding hydrogens is 256 g/mol. The Hall–Kier alpha value is -1.82. The molecule has 2 atom stereocenters. The molecule has 0 aliphatic carbocycles. The van der Waals surface area contributed by atoms with Gasteiger partial charge in [0.1, 0.15) is 5.69 Å². The Bertz CT molecular complexity index is 490. The second-order valence-electron chi connectivity index (χ2n) is 5.24. The van der Waals surface area contributed by atoms with Gasteiger partial charge in [-0.3, -0.25) is 4.79 Å². The number of aromatic nitrogens is 1. The van der Waals surface area contributed by atoms with Crippen molar-refractivity contribution in [3.8, 4) is 5.88 Å². The van der Waals surface area contributed by atoms with Crippen molar-refractivity contribution >= 4 is 17.3 Å². The lowest BCUT2D eigenvalue weighted by atomic mass is 10.0. The van der Waals surface area contributed by atoms with Crippen LogP contribution in [0.3, 0.4) is 0 Å². The number of amides is 1. The third kappa shape index (κ3) is 2.85. The summed E-state index contributed by atoms with van der Waals surface area (Å²) in [5, 5.41) is 6.26. The van der Waals surface area contributed by atoms with Gasteiger partial charge < -0.3 is 20.3 Å². The predicted octanol–water partition coefficient (Wildman–Crippen LogP) is 1.09. The lowest BCUT2D eigenvalue weighted by Gasteiger charge is -2.21. The molecule has 6 heteroatoms. The number of ether oxygens (including phenoxy) is 1. The Balaban J connectivity index is 2.25. The molecule has 0 aromatic carbocycles. The highest BCUT2D eigenvalue weighted by Crippen LogP contribution is 2.33. The van der Waals surface area contributed by atoms with Gasteiger partial charge in [-0.15, -0.1) is 0 Å². The summed E-state index contributed by atoms with van der Waals surface area (Å²) >= 11 is 0. The zero-order valence-corrected chi connectivity index (χ0v) is 12.4. The second kappa shape index (κ2) is 6.09. The van der Waals surface area contributed by atoms with Crippen LogP contribution in [0.1, 0.15) is 13.3 Å². The highest BCUT2D eigenvalue weighted by atomic mass is 16.5. The van der Waals surface area contributed by atoms with E-state index in [4.69, 9.17) is 4.74 Å². The van der Waals surface area contributed by atoms with E-state index in [0.29, 0.717) is 11.6 Å². The van der Waals surface area contributed by atoms with Crippen LogP contribution >= 0.6 is 0 Å². The summed E-state index contributed by atoms with van der Waals surface area (Å²) in [6.07, 6.45) is 2.52. The van der Waals surface area contributed by atoms with Crippen LogP contribution < -0.4 is 20.3 Å². The number of anilines is 2. The van der Waals surface area contributed by atoms with Crippen LogP contribution in [0.25, 0.3) is 0 Å². The fourth-order valence-electron chi connectivity index (χ4n) is 2.51. The summed E-state index contributed by atoms with van der Waals surface area (Å²) in [7, 11) is 5.39. The van der Waals surface area contributed by atoms with E-state index < -0.39 is 0 Å². The van der Waals surface area contributed by atoms with Gasteiger partial charge in [-0.1, -0.05) is 0 Å². The molecule has 2 unspecified atom stereocenters. The van der Waals surface area contributed by atoms with Crippen LogP contribution in [-0.4, -0.2) is 44.7 Å². The van der Waals surface area contributed by atoms with Crippen molar-refractivity contribution in [3.05, 3.63) is 12.3 Å². The number of nitrogens with zero attached hydrogens (tertiary/aromatic N) is 2. The molecule has 1 aromatic rings. The third-order valence-electron chi connectivity index (χ3n) is 3.68. The molecule has 1 aliphatic heterocycles. The zero-order valence-electron chi connectivity index (χ0n) is 12.4. The van der Waals surface area contributed by atoms with Crippen molar-refractivity contribution in [2.24, 2.45) is 5.92 Å². The average Bonchev–Trinajstić information content (AvgIpc) is 2.85. The highest BCUT2D eigenvalue weighted by molar-refractivity contribution is 5.97. The van der Waals surface area contributed by atoms with Crippen molar-refractivity contribution < 1.29 is 9.53 Å². The van der Waals surface area contributed by atoms with Crippen LogP contribution in [0.5, 0.6) is 5.88 Å². The summed E-state index contributed by atoms with van der Waals surface area (Å²) in [5.74, 6) is 0.426. The van der Waals surface area contributed by atoms with Gasteiger partial charge in [-0.25, -0.2) is 4.98 Å². The number of methoxy groups -OCH3 is 1. The molecule has 110 valence electrons. The quantitative estimate of drug-likeness (QED) is 0.863. The molecule has 1 aromatic heterocycles. The first kappa shape index (κ1) is 14.6. The topological polar surface area (TPSA) is 66.5 Å². The van der Waals surface area contributed by atoms with Gasteiger partial charge in [0.05, 0.1) is 18.7 Å². The first-order chi connectivity index (χ1) is 9.54. The van der Waals surface area contributed by atoms with Crippen LogP contribution in [0.2, 0.25) is 0 Å². The van der Waals surface area contributed by atoms with Crippen molar-refractivity contribution in [2.75, 3.05) is 38.0 Å². The smallest absolute Gasteiger partial charge is 0.239 e. The molecule has 2 N–H and O–H groups in total. The minimum Gasteiger partial charge on any atom is -0.479 e. The highest BCUT2D eigenvalue weighted by Gasteiger charge is 2.30. The molecule has 0 saturated carbocycles. The van der Waals surface area contributed by atoms with E-state index in [0.717, 1.165) is 18.7 Å². The Morgan fingerprint density at radius 2 is 2.30 bits per heavy atom. The maximum absolute atomic E-state index is 12.4. The van der Waals surface area contributed by atoms with E-state index >= 15 is 0 Å². The molecule has 1 fully saturated rings. The van der Waals surface area contributed by atoms with Crippen LogP contribution in [0, 0.1) is 5.92 Å². The Morgan fingerprint density at radius 3 is 2.85 bits per heavy atom. The number of nitrogens with one attached hydrogen (secondary N) is 2. The fraction of sp³-hybridized carbons (Fsp3) is 0.571. The number of hydrogen-bond acceptors (Lipinski definition) is 5. The Kier molecular flexibility index (Phi) is 4.44. The molecule has 0 radical (unpaired) electrons. The average molecular weight is 278 g/mol. The first-order valence-electron chi connectivity index (χ1n) is 6.79. The van der Waals surface area contributed by atoms with Crippen molar-refractivity contribution in [1.29, 1.82) is 0 Å². The molecule has 6 nitrogen and oxygen atoms in total. The van der Waals surface area contributed by atoms with Crippen molar-refractivity contribution in [1.82, 2.24) is 10.3 Å². The fourth-order valence-corrected chi connectivity index (χ4v) is 2.51. The second-order valence-corrected chi connectivity index (χ2v) is 5.24. The maximum Gasteiger partial charge on any atom is 0.239 e. The van der Waals surface area contributed by atoms with Crippen LogP contribution in [-0.2, 0) is 4.79 Å². The van der Waals surface area contributed by atoms with E-state index in [9.17, 15) is 4.79 Å². The van der Waals surface area contributed by atoms with Gasteiger partial charge >= 0.3 is 0 Å². The van der Waals surface area contributed by atoms with Gasteiger partial charge in [0, 0.05) is 26.3 Å². The van der Waals surface area contributed by atoms with Gasteiger partial charge in [-0.2, -0.15) is 0 Å². The molecule has 1 saturated heterocycles. The van der Waals surface area contributed by atoms with Gasteiger partial charge in [-0.05, 0) is 26.0 Å². The van der Waals surface area contributed by atoms with Crippen LogP contribution in [0.15, 0.2) is 12.3 Å². The molecule has 2 rings (SSSR count). The molecule has 0 bridgehead atoms. The zero-order chi connectivity index (χ0) is 14.7. The molecule has 20 heavy (non-hydrogen) atoms. The van der Waals surface area contributed by atoms with Crippen molar-refractivity contribution in [2.45, 2.75) is 19.4 Å². The largest absolute Gasteiger partial charge is 0.479 e. The number of carbonyl (C=O) groups is 1. The van der Waals surface area contributed by atoms with E-state index in [1.807, 2.05) is 32.0 Å². The first-order valence-corrected chi connectivity index (χ1v) is 6.79. The van der Waals surface area contributed by atoms with Gasteiger partial charge in [0.2, 0.25) is 11.8 Å². The number of rotatable bonds is 4. The van der Waals surface area contributed by atoms with E-state index in [1.165, 1.54) is 0 Å². The van der Waals surface area contributed by atoms with Crippen LogP contribution in [0.4, 0.5) is 11.4 Å². The third-order valence-corrected chi connectivity index (χ3v) is 3.68. The monoisotopic (exact) mass is 278 g/mol. The van der Waals surface area contributed by atoms with Gasteiger partial charge in [0.25, 0.3) is 0 Å². The number of carbonyl (C=O) groups excluding carboxylic acids is 1. The minimum atomic E-state index is -0.0186. The van der Waals surface area contributed by atoms with E-state index in [1.54, 1.807) is 13.3 Å². The maximum atomic E-state index is 12.4. The summed E-state index contributed by atoms with van der Waals surface area (Å²) in [4.78, 5) is 18.5. The number of hydrogen-bond donors (Lipinski definition) is 2. The molecule has 1 aliphatic rings. The summed E-state index contributed by atoms with van der Waals surface area (Å²) in [6, 6.07) is 2.05. The summed E-state index contributed by atoms with van der Waals surface area (Å²) in [5.41, 5.74) is 1.51. The summed E-state index contributed by atoms with van der Waals surface area (Å²) < 4.78 is 5.26. The lowest BCUT2D eigenvalue weighted by Crippen LogP contribution is -2.32. The summed E-state index contributed by atoms with van der Waals surface area (Å²) in [6.45, 7) is 2.91. The SMILES string of the molecule is COc1nccc(N(C)C)c1NC(=O)C1CCNC1C. The van der Waals surface area contributed by atoms with E-state index in [-0.39, 0.29) is 17.9 Å². The minimum absolute atomic E-state index is 0.0110. The Labute approximate surface area is 119 Å². The molecule has 0 spiro atoms. The standard InChI is InChI=1S/C14H22N4O2/c1-9-10(5-7-15-9)13(19)17-12-11(18(2)3)6-8-16-14(12)20-4/h6,8-10,15H,5,7H2,1-4H3,(H,17,19). The molecule has 2 heterocycles. The van der Waals surface area contributed by atoms with E-state index in [2.05, 4.69) is 15.6 Å². The van der Waals surface area contributed by atoms with Gasteiger partial charge in [0.15, 0.2) is 0 Å². The normalized spacial score (nSPS) is 21.6. The lowest BCUT2D eigenvalue weighted by molar-refractivity contribution is -0.120. The molecule has 1 amide bonds. The number of pyridine rings is 1.